The largest absolute Gasteiger partial charge is 0.450 e. The molecule has 1 aliphatic carbocycles. The summed E-state index contributed by atoms with van der Waals surface area (Å²) in [6.07, 6.45) is 9.89. The number of carbonyl (C=O) groups is 1. The van der Waals surface area contributed by atoms with Crippen LogP contribution in [0.5, 0.6) is 11.5 Å². The minimum atomic E-state index is -0.262. The van der Waals surface area contributed by atoms with Crippen molar-refractivity contribution < 1.29 is 14.6 Å². The number of hydrogen-bond donors (Lipinski definition) is 4. The Labute approximate surface area is 247 Å². The topological polar surface area (TPSA) is 138 Å². The molecule has 5 N–H and O–H groups in total. The SMILES string of the molecule is NC1CCC(n2cc3c(nc2=O)Nc2cc(C4CCN(CC(=O)N(CCCO)C5CCNCC5)CC4)ccc2O3)CC1. The Morgan fingerprint density at radius 1 is 1.07 bits per heavy atom. The maximum absolute atomic E-state index is 13.3. The predicted molar refractivity (Wildman–Crippen MR) is 161 cm³/mol. The van der Waals surface area contributed by atoms with E-state index in [0.29, 0.717) is 37.0 Å². The van der Waals surface area contributed by atoms with Gasteiger partial charge < -0.3 is 31.1 Å². The van der Waals surface area contributed by atoms with Crippen molar-refractivity contribution in [2.24, 2.45) is 5.73 Å². The van der Waals surface area contributed by atoms with E-state index in [2.05, 4.69) is 32.7 Å². The third kappa shape index (κ3) is 6.49. The summed E-state index contributed by atoms with van der Waals surface area (Å²) in [6, 6.07) is 6.85. The summed E-state index contributed by atoms with van der Waals surface area (Å²) in [6.45, 7) is 4.79. The molecule has 1 amide bonds. The quantitative estimate of drug-likeness (QED) is 0.317. The summed E-state index contributed by atoms with van der Waals surface area (Å²) >= 11 is 0. The number of aliphatic hydroxyl groups excluding tert-OH is 1. The number of likely N-dealkylation sites (tertiary alicyclic amines) is 1. The monoisotopic (exact) mass is 579 g/mol. The van der Waals surface area contributed by atoms with Crippen molar-refractivity contribution in [3.8, 4) is 11.5 Å². The summed E-state index contributed by atoms with van der Waals surface area (Å²) in [7, 11) is 0. The first-order valence-corrected chi connectivity index (χ1v) is 15.8. The molecule has 1 aromatic heterocycles. The Hall–Kier alpha value is -2.99. The van der Waals surface area contributed by atoms with Gasteiger partial charge in [0.15, 0.2) is 17.3 Å². The number of rotatable bonds is 8. The predicted octanol–water partition coefficient (Wildman–Crippen LogP) is 2.68. The van der Waals surface area contributed by atoms with Crippen molar-refractivity contribution in [1.82, 2.24) is 24.7 Å². The van der Waals surface area contributed by atoms with Crippen LogP contribution in [0.1, 0.15) is 75.3 Å². The third-order valence-electron chi connectivity index (χ3n) is 9.57. The average Bonchev–Trinajstić information content (AvgIpc) is 3.01. The van der Waals surface area contributed by atoms with Crippen molar-refractivity contribution in [3.63, 3.8) is 0 Å². The molecule has 3 fully saturated rings. The minimum Gasteiger partial charge on any atom is -0.450 e. The number of piperidine rings is 2. The van der Waals surface area contributed by atoms with Crippen LogP contribution < -0.4 is 26.8 Å². The fraction of sp³-hybridized carbons (Fsp3) is 0.645. The molecular weight excluding hydrogens is 534 g/mol. The number of anilines is 2. The molecule has 1 aromatic carbocycles. The molecule has 0 unspecified atom stereocenters. The van der Waals surface area contributed by atoms with Crippen LogP contribution in [0.25, 0.3) is 0 Å². The van der Waals surface area contributed by atoms with E-state index in [1.54, 1.807) is 10.8 Å². The average molecular weight is 580 g/mol. The van der Waals surface area contributed by atoms with Crippen molar-refractivity contribution in [1.29, 1.82) is 0 Å². The molecular formula is C31H45N7O4. The smallest absolute Gasteiger partial charge is 0.350 e. The number of nitrogens with zero attached hydrogens (tertiary/aromatic N) is 4. The summed E-state index contributed by atoms with van der Waals surface area (Å²) in [5, 5.41) is 16.1. The molecule has 6 rings (SSSR count). The Bertz CT molecular complexity index is 1290. The van der Waals surface area contributed by atoms with E-state index in [4.69, 9.17) is 10.5 Å². The maximum Gasteiger partial charge on any atom is 0.350 e. The molecule has 42 heavy (non-hydrogen) atoms. The molecule has 0 spiro atoms. The summed E-state index contributed by atoms with van der Waals surface area (Å²) in [5.74, 6) is 2.33. The van der Waals surface area contributed by atoms with Crippen LogP contribution >= 0.6 is 0 Å². The molecule has 11 heteroatoms. The summed E-state index contributed by atoms with van der Waals surface area (Å²) in [5.41, 5.74) is 7.85. The van der Waals surface area contributed by atoms with Gasteiger partial charge in [0.2, 0.25) is 5.91 Å². The molecule has 4 aliphatic rings. The number of nitrogens with one attached hydrogen (secondary N) is 2. The van der Waals surface area contributed by atoms with Crippen molar-refractivity contribution in [2.75, 3.05) is 51.2 Å². The zero-order valence-corrected chi connectivity index (χ0v) is 24.5. The van der Waals surface area contributed by atoms with E-state index in [0.717, 1.165) is 89.0 Å². The lowest BCUT2D eigenvalue weighted by Gasteiger charge is -2.37. The second-order valence-electron chi connectivity index (χ2n) is 12.4. The molecule has 0 bridgehead atoms. The van der Waals surface area contributed by atoms with Gasteiger partial charge in [0.05, 0.1) is 18.4 Å². The molecule has 0 atom stereocenters. The molecule has 1 saturated carbocycles. The molecule has 0 radical (unpaired) electrons. The van der Waals surface area contributed by atoms with Crippen LogP contribution in [-0.4, -0.2) is 88.3 Å². The molecule has 3 aliphatic heterocycles. The first-order valence-electron chi connectivity index (χ1n) is 15.8. The van der Waals surface area contributed by atoms with Crippen LogP contribution in [0.3, 0.4) is 0 Å². The minimum absolute atomic E-state index is 0.108. The number of amides is 1. The number of hydrogen-bond acceptors (Lipinski definition) is 9. The molecule has 228 valence electrons. The molecule has 4 heterocycles. The fourth-order valence-electron chi connectivity index (χ4n) is 7.07. The number of fused-ring (bicyclic) bond motifs is 2. The van der Waals surface area contributed by atoms with Gasteiger partial charge in [0.25, 0.3) is 0 Å². The number of nitrogens with two attached hydrogens (primary N) is 1. The van der Waals surface area contributed by atoms with Crippen LogP contribution in [0.2, 0.25) is 0 Å². The van der Waals surface area contributed by atoms with Gasteiger partial charge >= 0.3 is 5.69 Å². The van der Waals surface area contributed by atoms with Crippen LogP contribution in [0.4, 0.5) is 11.5 Å². The zero-order chi connectivity index (χ0) is 29.1. The highest BCUT2D eigenvalue weighted by Gasteiger charge is 2.30. The standard InChI is InChI=1S/C31H45N7O4/c32-23-3-5-24(6-4-23)38-19-28-30(35-31(38)41)34-26-18-22(2-7-27(26)42-28)21-10-15-36(16-11-21)20-29(40)37(14-1-17-39)25-8-12-33-13-9-25/h2,7,18-19,21,23-25,33,39H,1,3-6,8-17,20,32H2,(H,34,35,41). The van der Waals surface area contributed by atoms with Gasteiger partial charge in [-0.1, -0.05) is 6.07 Å². The summed E-state index contributed by atoms with van der Waals surface area (Å²) in [4.78, 5) is 34.8. The second kappa shape index (κ2) is 13.1. The molecule has 11 nitrogen and oxygen atoms in total. The Balaban J connectivity index is 1.06. The first kappa shape index (κ1) is 29.1. The lowest BCUT2D eigenvalue weighted by molar-refractivity contribution is -0.135. The van der Waals surface area contributed by atoms with Gasteiger partial charge in [-0.2, -0.15) is 4.98 Å². The number of aliphatic hydroxyl groups is 1. The highest BCUT2D eigenvalue weighted by atomic mass is 16.5. The lowest BCUT2D eigenvalue weighted by Crippen LogP contribution is -2.50. The van der Waals surface area contributed by atoms with E-state index in [1.807, 2.05) is 11.0 Å². The first-order chi connectivity index (χ1) is 20.5. The Morgan fingerprint density at radius 3 is 2.57 bits per heavy atom. The van der Waals surface area contributed by atoms with Gasteiger partial charge in [-0.3, -0.25) is 14.3 Å². The molecule has 2 saturated heterocycles. The van der Waals surface area contributed by atoms with Crippen LogP contribution in [-0.2, 0) is 4.79 Å². The van der Waals surface area contributed by atoms with E-state index >= 15 is 0 Å². The van der Waals surface area contributed by atoms with E-state index < -0.39 is 0 Å². The fourth-order valence-corrected chi connectivity index (χ4v) is 7.07. The van der Waals surface area contributed by atoms with Crippen LogP contribution in [0.15, 0.2) is 29.2 Å². The number of carbonyl (C=O) groups excluding carboxylic acids is 1. The normalized spacial score (nSPS) is 23.4. The number of ether oxygens (including phenoxy) is 1. The highest BCUT2D eigenvalue weighted by molar-refractivity contribution is 5.78. The lowest BCUT2D eigenvalue weighted by atomic mass is 9.89. The van der Waals surface area contributed by atoms with Crippen molar-refractivity contribution >= 4 is 17.4 Å². The van der Waals surface area contributed by atoms with Crippen molar-refractivity contribution in [3.05, 3.63) is 40.4 Å². The third-order valence-corrected chi connectivity index (χ3v) is 9.57. The highest BCUT2D eigenvalue weighted by Crippen LogP contribution is 2.43. The van der Waals surface area contributed by atoms with E-state index in [1.165, 1.54) is 5.56 Å². The van der Waals surface area contributed by atoms with Gasteiger partial charge in [-0.05, 0) is 108 Å². The second-order valence-corrected chi connectivity index (χ2v) is 12.4. The number of benzene rings is 1. The van der Waals surface area contributed by atoms with Gasteiger partial charge in [0.1, 0.15) is 0 Å². The van der Waals surface area contributed by atoms with Gasteiger partial charge in [-0.25, -0.2) is 4.79 Å². The van der Waals surface area contributed by atoms with Gasteiger partial charge in [0, 0.05) is 31.3 Å². The number of aromatic nitrogens is 2. The van der Waals surface area contributed by atoms with Crippen LogP contribution in [0, 0.1) is 0 Å². The van der Waals surface area contributed by atoms with E-state index in [9.17, 15) is 14.7 Å². The van der Waals surface area contributed by atoms with E-state index in [-0.39, 0.29) is 36.3 Å². The Morgan fingerprint density at radius 2 is 1.83 bits per heavy atom. The Kier molecular flexibility index (Phi) is 9.09. The van der Waals surface area contributed by atoms with Gasteiger partial charge in [-0.15, -0.1) is 0 Å². The molecule has 2 aromatic rings. The zero-order valence-electron chi connectivity index (χ0n) is 24.5. The van der Waals surface area contributed by atoms with Crippen molar-refractivity contribution in [2.45, 2.75) is 81.8 Å². The maximum atomic E-state index is 13.3. The summed E-state index contributed by atoms with van der Waals surface area (Å²) < 4.78 is 7.92.